The third-order valence-electron chi connectivity index (χ3n) is 4.70. The lowest BCUT2D eigenvalue weighted by Gasteiger charge is -2.24. The number of nitrogens with zero attached hydrogens (tertiary/aromatic N) is 7. The summed E-state index contributed by atoms with van der Waals surface area (Å²) in [6.07, 6.45) is -2.88. The lowest BCUT2D eigenvalue weighted by Crippen LogP contribution is -2.22. The minimum absolute atomic E-state index is 0.164. The summed E-state index contributed by atoms with van der Waals surface area (Å²) in [7, 11) is 0. The summed E-state index contributed by atoms with van der Waals surface area (Å²) >= 11 is 7.55. The zero-order chi connectivity index (χ0) is 20.3. The van der Waals surface area contributed by atoms with Gasteiger partial charge >= 0.3 is 6.18 Å². The molecule has 1 aromatic carbocycles. The number of hydrogen-bond donors (Lipinski definition) is 0. The molecule has 1 atom stereocenters. The standard InChI is InChI=1S/C17H11ClF3N7S/c1-8-7-27-13(24-26-15(27)16-22-5-6-29-16)14-25-23-12(28(8)14)9-3-2-4-10(11(9)18)17(19,20)21/h2-6,8H,7H2,1H3/t8-/m0/s1. The van der Waals surface area contributed by atoms with Gasteiger partial charge in [0.1, 0.15) is 0 Å². The molecule has 0 aliphatic carbocycles. The quantitative estimate of drug-likeness (QED) is 0.459. The van der Waals surface area contributed by atoms with Crippen molar-refractivity contribution in [2.24, 2.45) is 0 Å². The summed E-state index contributed by atoms with van der Waals surface area (Å²) in [5.74, 6) is 1.78. The Balaban J connectivity index is 1.67. The van der Waals surface area contributed by atoms with E-state index in [1.807, 2.05) is 16.9 Å². The van der Waals surface area contributed by atoms with E-state index < -0.39 is 16.8 Å². The van der Waals surface area contributed by atoms with E-state index in [0.717, 1.165) is 11.1 Å². The second-order valence-electron chi connectivity index (χ2n) is 6.53. The van der Waals surface area contributed by atoms with Crippen molar-refractivity contribution in [2.45, 2.75) is 25.7 Å². The van der Waals surface area contributed by atoms with Crippen molar-refractivity contribution in [3.8, 4) is 33.9 Å². The van der Waals surface area contributed by atoms with Gasteiger partial charge in [-0.2, -0.15) is 13.2 Å². The molecule has 4 heterocycles. The molecular weight excluding hydrogens is 427 g/mol. The van der Waals surface area contributed by atoms with Gasteiger partial charge < -0.3 is 4.57 Å². The van der Waals surface area contributed by atoms with Crippen LogP contribution in [-0.2, 0) is 12.7 Å². The lowest BCUT2D eigenvalue weighted by molar-refractivity contribution is -0.137. The molecule has 12 heteroatoms. The van der Waals surface area contributed by atoms with E-state index in [1.54, 1.807) is 10.8 Å². The summed E-state index contributed by atoms with van der Waals surface area (Å²) in [4.78, 5) is 4.27. The highest BCUT2D eigenvalue weighted by Crippen LogP contribution is 2.41. The first kappa shape index (κ1) is 18.3. The van der Waals surface area contributed by atoms with Crippen LogP contribution in [0.25, 0.3) is 33.9 Å². The minimum atomic E-state index is -4.56. The Morgan fingerprint density at radius 3 is 2.52 bits per heavy atom. The first-order chi connectivity index (χ1) is 13.9. The van der Waals surface area contributed by atoms with Crippen molar-refractivity contribution < 1.29 is 13.2 Å². The highest BCUT2D eigenvalue weighted by molar-refractivity contribution is 7.13. The van der Waals surface area contributed by atoms with E-state index in [4.69, 9.17) is 11.6 Å². The first-order valence-electron chi connectivity index (χ1n) is 8.50. The van der Waals surface area contributed by atoms with Gasteiger partial charge in [0.25, 0.3) is 0 Å². The normalized spacial score (nSPS) is 16.0. The van der Waals surface area contributed by atoms with E-state index in [-0.39, 0.29) is 17.4 Å². The van der Waals surface area contributed by atoms with Crippen LogP contribution in [0.4, 0.5) is 13.2 Å². The Morgan fingerprint density at radius 1 is 1.07 bits per heavy atom. The van der Waals surface area contributed by atoms with Crippen LogP contribution in [0.3, 0.4) is 0 Å². The summed E-state index contributed by atoms with van der Waals surface area (Å²) in [6.45, 7) is 2.41. The van der Waals surface area contributed by atoms with Gasteiger partial charge in [-0.3, -0.25) is 4.57 Å². The van der Waals surface area contributed by atoms with Gasteiger partial charge in [0.15, 0.2) is 16.7 Å². The molecule has 1 aliphatic rings. The Kier molecular flexibility index (Phi) is 4.00. The maximum atomic E-state index is 13.3. The second-order valence-corrected chi connectivity index (χ2v) is 7.80. The molecule has 1 aliphatic heterocycles. The van der Waals surface area contributed by atoms with Crippen molar-refractivity contribution in [2.75, 3.05) is 0 Å². The molecule has 4 aromatic rings. The van der Waals surface area contributed by atoms with Crippen LogP contribution in [0.1, 0.15) is 18.5 Å². The van der Waals surface area contributed by atoms with Crippen molar-refractivity contribution >= 4 is 22.9 Å². The van der Waals surface area contributed by atoms with Crippen molar-refractivity contribution in [3.05, 3.63) is 40.4 Å². The lowest BCUT2D eigenvalue weighted by atomic mass is 10.1. The Labute approximate surface area is 170 Å². The van der Waals surface area contributed by atoms with Crippen molar-refractivity contribution in [3.63, 3.8) is 0 Å². The van der Waals surface area contributed by atoms with E-state index in [2.05, 4.69) is 25.4 Å². The largest absolute Gasteiger partial charge is 0.417 e. The van der Waals surface area contributed by atoms with Gasteiger partial charge in [-0.05, 0) is 19.1 Å². The molecule has 0 spiro atoms. The molecule has 0 bridgehead atoms. The van der Waals surface area contributed by atoms with Gasteiger partial charge in [-0.1, -0.05) is 17.7 Å². The number of aromatic nitrogens is 7. The molecule has 0 saturated carbocycles. The fourth-order valence-corrected chi connectivity index (χ4v) is 4.39. The van der Waals surface area contributed by atoms with E-state index in [0.29, 0.717) is 24.0 Å². The minimum Gasteiger partial charge on any atom is -0.300 e. The van der Waals surface area contributed by atoms with Crippen LogP contribution in [0, 0.1) is 0 Å². The van der Waals surface area contributed by atoms with Gasteiger partial charge in [0.05, 0.1) is 16.6 Å². The molecule has 3 aromatic heterocycles. The monoisotopic (exact) mass is 437 g/mol. The predicted molar refractivity (Wildman–Crippen MR) is 100 cm³/mol. The third kappa shape index (κ3) is 2.76. The summed E-state index contributed by atoms with van der Waals surface area (Å²) in [6, 6.07) is 3.59. The molecular formula is C17H11ClF3N7S. The predicted octanol–water partition coefficient (Wildman–Crippen LogP) is 4.57. The molecule has 5 rings (SSSR count). The van der Waals surface area contributed by atoms with Crippen LogP contribution < -0.4 is 0 Å². The summed E-state index contributed by atoms with van der Waals surface area (Å²) < 4.78 is 43.4. The fraction of sp³-hybridized carbons (Fsp3) is 0.235. The van der Waals surface area contributed by atoms with Gasteiger partial charge in [-0.15, -0.1) is 31.7 Å². The van der Waals surface area contributed by atoms with E-state index >= 15 is 0 Å². The maximum absolute atomic E-state index is 13.3. The number of benzene rings is 1. The molecule has 7 nitrogen and oxygen atoms in total. The van der Waals surface area contributed by atoms with Crippen LogP contribution in [0.2, 0.25) is 5.02 Å². The molecule has 0 fully saturated rings. The van der Waals surface area contributed by atoms with Crippen molar-refractivity contribution in [1.82, 2.24) is 34.5 Å². The molecule has 0 saturated heterocycles. The SMILES string of the molecule is C[C@H]1Cn2c(-c3nccs3)nnc2-c2nnc(-c3cccc(C(F)(F)F)c3Cl)n21. The van der Waals surface area contributed by atoms with Crippen LogP contribution >= 0.6 is 22.9 Å². The number of alkyl halides is 3. The smallest absolute Gasteiger partial charge is 0.300 e. The zero-order valence-electron chi connectivity index (χ0n) is 14.7. The molecule has 29 heavy (non-hydrogen) atoms. The Hall–Kier alpha value is -2.79. The van der Waals surface area contributed by atoms with Gasteiger partial charge in [0.2, 0.25) is 11.6 Å². The van der Waals surface area contributed by atoms with Crippen LogP contribution in [0.5, 0.6) is 0 Å². The van der Waals surface area contributed by atoms with Crippen molar-refractivity contribution in [1.29, 1.82) is 0 Å². The number of rotatable bonds is 2. The average molecular weight is 438 g/mol. The maximum Gasteiger partial charge on any atom is 0.417 e. The molecule has 148 valence electrons. The average Bonchev–Trinajstić information content (AvgIpc) is 3.39. The Morgan fingerprint density at radius 2 is 1.79 bits per heavy atom. The third-order valence-corrected chi connectivity index (χ3v) is 5.88. The number of thiazole rings is 1. The molecule has 0 unspecified atom stereocenters. The zero-order valence-corrected chi connectivity index (χ0v) is 16.3. The van der Waals surface area contributed by atoms with E-state index in [9.17, 15) is 13.2 Å². The van der Waals surface area contributed by atoms with Gasteiger partial charge in [0, 0.05) is 23.7 Å². The second kappa shape index (κ2) is 6.36. The van der Waals surface area contributed by atoms with Crippen LogP contribution in [0.15, 0.2) is 29.8 Å². The fourth-order valence-electron chi connectivity index (χ4n) is 3.45. The number of fused-ring (bicyclic) bond motifs is 3. The number of halogens is 4. The van der Waals surface area contributed by atoms with Crippen LogP contribution in [-0.4, -0.2) is 34.5 Å². The highest BCUT2D eigenvalue weighted by atomic mass is 35.5. The first-order valence-corrected chi connectivity index (χ1v) is 9.76. The number of hydrogen-bond acceptors (Lipinski definition) is 6. The molecule has 0 amide bonds. The molecule has 0 N–H and O–H groups in total. The molecule has 0 radical (unpaired) electrons. The Bertz CT molecular complexity index is 1210. The summed E-state index contributed by atoms with van der Waals surface area (Å²) in [5, 5.41) is 18.9. The topological polar surface area (TPSA) is 74.3 Å². The van der Waals surface area contributed by atoms with E-state index in [1.165, 1.54) is 23.5 Å². The van der Waals surface area contributed by atoms with Gasteiger partial charge in [-0.25, -0.2) is 4.98 Å². The highest BCUT2D eigenvalue weighted by Gasteiger charge is 2.36. The summed E-state index contributed by atoms with van der Waals surface area (Å²) in [5.41, 5.74) is -0.744.